The summed E-state index contributed by atoms with van der Waals surface area (Å²) in [5, 5.41) is 5.60. The fraction of sp³-hybridized carbons (Fsp3) is 0.143. The van der Waals surface area contributed by atoms with Gasteiger partial charge in [0.05, 0.1) is 16.8 Å². The van der Waals surface area contributed by atoms with Crippen LogP contribution in [0.1, 0.15) is 0 Å². The van der Waals surface area contributed by atoms with Gasteiger partial charge in [0, 0.05) is 24.9 Å². The van der Waals surface area contributed by atoms with E-state index in [0.717, 1.165) is 5.69 Å². The number of aromatic nitrogens is 4. The van der Waals surface area contributed by atoms with Crippen LogP contribution in [-0.4, -0.2) is 28.2 Å². The molecule has 0 fully saturated rings. The summed E-state index contributed by atoms with van der Waals surface area (Å²) in [6, 6.07) is 8.65. The topological polar surface area (TPSA) is 112 Å². The average molecular weight is 299 g/mol. The van der Waals surface area contributed by atoms with Gasteiger partial charge >= 0.3 is 5.52 Å². The van der Waals surface area contributed by atoms with Crippen LogP contribution in [0, 0.1) is 4.91 Å². The quantitative estimate of drug-likeness (QED) is 0.605. The van der Waals surface area contributed by atoms with Crippen molar-refractivity contribution in [2.45, 2.75) is 0 Å². The Balaban J connectivity index is 1.96. The molecule has 0 atom stereocenters. The van der Waals surface area contributed by atoms with Gasteiger partial charge in [-0.25, -0.2) is 4.98 Å². The number of rotatable bonds is 5. The summed E-state index contributed by atoms with van der Waals surface area (Å²) in [6.07, 6.45) is 3.30. The van der Waals surface area contributed by atoms with Crippen molar-refractivity contribution >= 4 is 22.7 Å². The van der Waals surface area contributed by atoms with Crippen molar-refractivity contribution in [3.05, 3.63) is 47.6 Å². The maximum Gasteiger partial charge on any atom is 0.318 e. The van der Waals surface area contributed by atoms with E-state index in [4.69, 9.17) is 10.5 Å². The van der Waals surface area contributed by atoms with Gasteiger partial charge in [0.15, 0.2) is 10.1 Å². The van der Waals surface area contributed by atoms with Crippen molar-refractivity contribution in [1.82, 2.24) is 15.1 Å². The molecule has 2 heterocycles. The molecule has 22 heavy (non-hydrogen) atoms. The SMILES string of the molecule is NCCOc1ccc2c(c1)nc(Nc1cccnc1)[nH][n+]2=O. The van der Waals surface area contributed by atoms with Gasteiger partial charge in [-0.15, -0.1) is 0 Å². The smallest absolute Gasteiger partial charge is 0.318 e. The minimum atomic E-state index is 0.312. The van der Waals surface area contributed by atoms with Crippen LogP contribution in [0.3, 0.4) is 0 Å². The lowest BCUT2D eigenvalue weighted by atomic mass is 10.3. The number of nitrogens with zero attached hydrogens (tertiary/aromatic N) is 3. The van der Waals surface area contributed by atoms with Crippen molar-refractivity contribution in [2.24, 2.45) is 5.73 Å². The molecule has 0 amide bonds. The van der Waals surface area contributed by atoms with Crippen LogP contribution >= 0.6 is 0 Å². The van der Waals surface area contributed by atoms with Gasteiger partial charge in [-0.05, 0) is 18.2 Å². The Hall–Kier alpha value is -3.00. The Morgan fingerprint density at radius 3 is 3.05 bits per heavy atom. The summed E-state index contributed by atoms with van der Waals surface area (Å²) < 4.78 is 6.09. The maximum atomic E-state index is 12.0. The fourth-order valence-electron chi connectivity index (χ4n) is 1.96. The maximum absolute atomic E-state index is 12.0. The summed E-state index contributed by atoms with van der Waals surface area (Å²) in [4.78, 5) is 20.4. The first-order chi connectivity index (χ1) is 10.8. The molecular weight excluding hydrogens is 284 g/mol. The molecule has 0 saturated heterocycles. The molecule has 0 spiro atoms. The monoisotopic (exact) mass is 299 g/mol. The van der Waals surface area contributed by atoms with E-state index in [1.165, 1.54) is 0 Å². The summed E-state index contributed by atoms with van der Waals surface area (Å²) in [5.41, 5.74) is 7.05. The summed E-state index contributed by atoms with van der Waals surface area (Å²) in [6.45, 7) is 0.825. The van der Waals surface area contributed by atoms with E-state index in [1.54, 1.807) is 36.7 Å². The first-order valence-corrected chi connectivity index (χ1v) is 6.73. The van der Waals surface area contributed by atoms with Crippen LogP contribution in [0.4, 0.5) is 11.6 Å². The van der Waals surface area contributed by atoms with E-state index in [-0.39, 0.29) is 0 Å². The van der Waals surface area contributed by atoms with Gasteiger partial charge in [-0.1, -0.05) is 5.10 Å². The normalized spacial score (nSPS) is 10.6. The van der Waals surface area contributed by atoms with Gasteiger partial charge in [0.2, 0.25) is 0 Å². The number of anilines is 2. The molecule has 0 aliphatic rings. The minimum absolute atomic E-state index is 0.312. The van der Waals surface area contributed by atoms with Crippen molar-refractivity contribution in [3.63, 3.8) is 0 Å². The van der Waals surface area contributed by atoms with Crippen molar-refractivity contribution in [3.8, 4) is 5.75 Å². The largest absolute Gasteiger partial charge is 0.492 e. The summed E-state index contributed by atoms with van der Waals surface area (Å²) >= 11 is 0. The highest BCUT2D eigenvalue weighted by Gasteiger charge is 2.12. The van der Waals surface area contributed by atoms with E-state index < -0.39 is 0 Å². The lowest BCUT2D eigenvalue weighted by Crippen LogP contribution is -2.23. The van der Waals surface area contributed by atoms with Gasteiger partial charge < -0.3 is 15.8 Å². The number of ether oxygens (including phenoxy) is 1. The number of hydrogen-bond acceptors (Lipinski definition) is 6. The molecule has 0 saturated carbocycles. The summed E-state index contributed by atoms with van der Waals surface area (Å²) in [7, 11) is 0. The molecule has 4 N–H and O–H groups in total. The predicted molar refractivity (Wildman–Crippen MR) is 81.5 cm³/mol. The molecule has 0 unspecified atom stereocenters. The molecular formula is C14H15N6O2+. The first-order valence-electron chi connectivity index (χ1n) is 6.73. The molecule has 0 radical (unpaired) electrons. The van der Waals surface area contributed by atoms with Gasteiger partial charge in [-0.2, -0.15) is 0 Å². The second kappa shape index (κ2) is 6.19. The second-order valence-corrected chi connectivity index (χ2v) is 4.52. The number of fused-ring (bicyclic) bond motifs is 1. The van der Waals surface area contributed by atoms with Gasteiger partial charge in [0.25, 0.3) is 5.95 Å². The molecule has 0 aliphatic carbocycles. The van der Waals surface area contributed by atoms with Crippen LogP contribution in [0.2, 0.25) is 0 Å². The standard InChI is InChI=1S/C14H15N6O2/c15-5-7-22-11-3-4-13-12(8-11)18-14(19-20(13)21)17-10-2-1-6-16-9-10/h1-4,6,8-9H,5,7,15H2,(H2,17,18,19,21)/q+1. The van der Waals surface area contributed by atoms with Crippen LogP contribution < -0.4 is 20.3 Å². The third-order valence-electron chi connectivity index (χ3n) is 2.92. The van der Waals surface area contributed by atoms with Crippen molar-refractivity contribution < 1.29 is 9.28 Å². The summed E-state index contributed by atoms with van der Waals surface area (Å²) in [5.74, 6) is 0.926. The van der Waals surface area contributed by atoms with Crippen LogP contribution in [0.25, 0.3) is 11.0 Å². The molecule has 3 aromatic rings. The Labute approximate surface area is 125 Å². The van der Waals surface area contributed by atoms with E-state index in [2.05, 4.69) is 20.4 Å². The Morgan fingerprint density at radius 1 is 1.36 bits per heavy atom. The number of hydrogen-bond donors (Lipinski definition) is 3. The molecule has 112 valence electrons. The molecule has 1 aromatic carbocycles. The second-order valence-electron chi connectivity index (χ2n) is 4.52. The molecule has 8 nitrogen and oxygen atoms in total. The number of H-pyrrole nitrogens is 1. The fourth-order valence-corrected chi connectivity index (χ4v) is 1.96. The predicted octanol–water partition coefficient (Wildman–Crippen LogP) is 0.953. The Bertz CT molecular complexity index is 834. The number of nitrogens with two attached hydrogens (primary N) is 1. The Kier molecular flexibility index (Phi) is 3.92. The number of pyridine rings is 1. The Morgan fingerprint density at radius 2 is 2.27 bits per heavy atom. The first kappa shape index (κ1) is 14.0. The molecule has 8 heteroatoms. The lowest BCUT2D eigenvalue weighted by molar-refractivity contribution is -0.535. The molecule has 2 aromatic heterocycles. The van der Waals surface area contributed by atoms with Crippen molar-refractivity contribution in [1.29, 1.82) is 0 Å². The highest BCUT2D eigenvalue weighted by atomic mass is 16.5. The molecule has 0 aliphatic heterocycles. The van der Waals surface area contributed by atoms with E-state index in [9.17, 15) is 4.91 Å². The van der Waals surface area contributed by atoms with Crippen LogP contribution in [0.5, 0.6) is 5.75 Å². The molecule has 0 bridgehead atoms. The van der Waals surface area contributed by atoms with Crippen LogP contribution in [0.15, 0.2) is 42.7 Å². The molecule has 3 rings (SSSR count). The zero-order valence-corrected chi connectivity index (χ0v) is 11.7. The third kappa shape index (κ3) is 3.01. The van der Waals surface area contributed by atoms with Gasteiger partial charge in [0.1, 0.15) is 12.4 Å². The zero-order chi connectivity index (χ0) is 15.4. The third-order valence-corrected chi connectivity index (χ3v) is 2.92. The van der Waals surface area contributed by atoms with Crippen LogP contribution in [-0.2, 0) is 0 Å². The lowest BCUT2D eigenvalue weighted by Gasteiger charge is -2.04. The zero-order valence-electron chi connectivity index (χ0n) is 11.7. The number of benzene rings is 1. The van der Waals surface area contributed by atoms with Crippen molar-refractivity contribution in [2.75, 3.05) is 18.5 Å². The van der Waals surface area contributed by atoms with E-state index >= 15 is 0 Å². The number of nitrogens with one attached hydrogen (secondary N) is 2. The number of aromatic amines is 1. The highest BCUT2D eigenvalue weighted by Crippen LogP contribution is 2.18. The van der Waals surface area contributed by atoms with E-state index in [1.807, 2.05) is 6.07 Å². The van der Waals surface area contributed by atoms with E-state index in [0.29, 0.717) is 40.4 Å². The van der Waals surface area contributed by atoms with Gasteiger partial charge in [-0.3, -0.25) is 4.98 Å². The highest BCUT2D eigenvalue weighted by molar-refractivity contribution is 5.73. The average Bonchev–Trinajstić information content (AvgIpc) is 2.53. The minimum Gasteiger partial charge on any atom is -0.492 e.